The van der Waals surface area contributed by atoms with Gasteiger partial charge in [0, 0.05) is 7.05 Å². The zero-order valence-electron chi connectivity index (χ0n) is 13.6. The molecule has 122 valence electrons. The molecule has 2 N–H and O–H groups in total. The van der Waals surface area contributed by atoms with E-state index in [0.29, 0.717) is 5.11 Å². The molecule has 5 heteroatoms. The number of rotatable bonds is 10. The molecule has 1 aromatic rings. The Labute approximate surface area is 139 Å². The lowest BCUT2D eigenvalue weighted by atomic mass is 10.1. The molecule has 1 aromatic carbocycles. The van der Waals surface area contributed by atoms with Crippen molar-refractivity contribution in [3.63, 3.8) is 0 Å². The number of thiocarbonyl (C=S) groups is 1. The molecule has 4 nitrogen and oxygen atoms in total. The van der Waals surface area contributed by atoms with Gasteiger partial charge in [-0.15, -0.1) is 0 Å². The highest BCUT2D eigenvalue weighted by atomic mass is 32.1. The highest BCUT2D eigenvalue weighted by Gasteiger charge is 1.95. The molecule has 0 unspecified atom stereocenters. The number of benzene rings is 1. The summed E-state index contributed by atoms with van der Waals surface area (Å²) in [5, 5.41) is 7.32. The van der Waals surface area contributed by atoms with Crippen molar-refractivity contribution in [2.45, 2.75) is 45.4 Å². The first-order valence-electron chi connectivity index (χ1n) is 8.00. The lowest BCUT2D eigenvalue weighted by Gasteiger charge is -2.06. The quantitative estimate of drug-likeness (QED) is 0.297. The van der Waals surface area contributed by atoms with Gasteiger partial charge in [0.25, 0.3) is 0 Å². The van der Waals surface area contributed by atoms with E-state index in [1.165, 1.54) is 32.1 Å². The van der Waals surface area contributed by atoms with Crippen LogP contribution in [0.1, 0.15) is 51.0 Å². The summed E-state index contributed by atoms with van der Waals surface area (Å²) < 4.78 is 5.74. The molecule has 1 rings (SSSR count). The number of nitrogens with zero attached hydrogens (tertiary/aromatic N) is 1. The van der Waals surface area contributed by atoms with E-state index in [2.05, 4.69) is 22.8 Å². The van der Waals surface area contributed by atoms with Crippen LogP contribution >= 0.6 is 12.2 Å². The van der Waals surface area contributed by atoms with Crippen molar-refractivity contribution in [1.82, 2.24) is 10.7 Å². The maximum atomic E-state index is 5.74. The van der Waals surface area contributed by atoms with Gasteiger partial charge in [-0.05, 0) is 48.5 Å². The summed E-state index contributed by atoms with van der Waals surface area (Å²) in [6.45, 7) is 3.03. The van der Waals surface area contributed by atoms with Crippen molar-refractivity contribution in [3.8, 4) is 5.75 Å². The summed E-state index contributed by atoms with van der Waals surface area (Å²) in [5.74, 6) is 0.907. The minimum absolute atomic E-state index is 0.496. The Hall–Kier alpha value is -1.62. The van der Waals surface area contributed by atoms with Gasteiger partial charge in [0.1, 0.15) is 5.75 Å². The summed E-state index contributed by atoms with van der Waals surface area (Å²) in [6, 6.07) is 7.89. The van der Waals surface area contributed by atoms with Crippen LogP contribution in [0.5, 0.6) is 5.75 Å². The molecule has 0 saturated carbocycles. The van der Waals surface area contributed by atoms with Gasteiger partial charge in [-0.3, -0.25) is 5.43 Å². The number of hydrogen-bond donors (Lipinski definition) is 2. The van der Waals surface area contributed by atoms with E-state index in [1.807, 2.05) is 24.3 Å². The zero-order valence-corrected chi connectivity index (χ0v) is 14.4. The van der Waals surface area contributed by atoms with Crippen LogP contribution < -0.4 is 15.5 Å². The number of hydrazone groups is 1. The third-order valence-corrected chi connectivity index (χ3v) is 3.55. The molecule has 0 aliphatic carbocycles. The molecule has 22 heavy (non-hydrogen) atoms. The Kier molecular flexibility index (Phi) is 10.0. The average molecular weight is 321 g/mol. The minimum atomic E-state index is 0.496. The van der Waals surface area contributed by atoms with Crippen molar-refractivity contribution in [1.29, 1.82) is 0 Å². The Morgan fingerprint density at radius 3 is 2.50 bits per heavy atom. The van der Waals surface area contributed by atoms with E-state index < -0.39 is 0 Å². The summed E-state index contributed by atoms with van der Waals surface area (Å²) in [6.07, 6.45) is 9.39. The van der Waals surface area contributed by atoms with E-state index in [-0.39, 0.29) is 0 Å². The van der Waals surface area contributed by atoms with E-state index in [0.717, 1.165) is 24.3 Å². The number of nitrogens with one attached hydrogen (secondary N) is 2. The topological polar surface area (TPSA) is 45.6 Å². The molecule has 0 amide bonds. The summed E-state index contributed by atoms with van der Waals surface area (Å²) in [5.41, 5.74) is 3.72. The maximum Gasteiger partial charge on any atom is 0.186 e. The van der Waals surface area contributed by atoms with Gasteiger partial charge in [0.05, 0.1) is 12.8 Å². The Morgan fingerprint density at radius 1 is 1.14 bits per heavy atom. The van der Waals surface area contributed by atoms with Gasteiger partial charge in [-0.25, -0.2) is 0 Å². The second-order valence-electron chi connectivity index (χ2n) is 5.13. The number of ether oxygens (including phenoxy) is 1. The summed E-state index contributed by atoms with van der Waals surface area (Å²) >= 11 is 4.93. The van der Waals surface area contributed by atoms with E-state index in [1.54, 1.807) is 13.3 Å². The van der Waals surface area contributed by atoms with Crippen molar-refractivity contribution in [2.75, 3.05) is 13.7 Å². The van der Waals surface area contributed by atoms with Gasteiger partial charge >= 0.3 is 0 Å². The smallest absolute Gasteiger partial charge is 0.186 e. The minimum Gasteiger partial charge on any atom is -0.494 e. The Bertz CT molecular complexity index is 446. The number of hydrogen-bond acceptors (Lipinski definition) is 3. The predicted octanol–water partition coefficient (Wildman–Crippen LogP) is 3.85. The fourth-order valence-corrected chi connectivity index (χ4v) is 2.00. The third kappa shape index (κ3) is 8.62. The molecule has 0 aliphatic rings. The fraction of sp³-hybridized carbons (Fsp3) is 0.529. The van der Waals surface area contributed by atoms with Crippen LogP contribution in [0.15, 0.2) is 29.4 Å². The van der Waals surface area contributed by atoms with Gasteiger partial charge in [0.15, 0.2) is 5.11 Å². The second kappa shape index (κ2) is 12.0. The van der Waals surface area contributed by atoms with Crippen LogP contribution in [0.3, 0.4) is 0 Å². The second-order valence-corrected chi connectivity index (χ2v) is 5.54. The highest BCUT2D eigenvalue weighted by Crippen LogP contribution is 2.12. The molecule has 0 aromatic heterocycles. The van der Waals surface area contributed by atoms with Crippen LogP contribution in [-0.4, -0.2) is 25.0 Å². The van der Waals surface area contributed by atoms with Crippen molar-refractivity contribution in [3.05, 3.63) is 29.8 Å². The predicted molar refractivity (Wildman–Crippen MR) is 97.7 cm³/mol. The van der Waals surface area contributed by atoms with Crippen LogP contribution in [0, 0.1) is 0 Å². The van der Waals surface area contributed by atoms with E-state index >= 15 is 0 Å². The van der Waals surface area contributed by atoms with Gasteiger partial charge in [-0.2, -0.15) is 5.10 Å². The molecule has 0 fully saturated rings. The van der Waals surface area contributed by atoms with Gasteiger partial charge in [-0.1, -0.05) is 39.0 Å². The Balaban J connectivity index is 2.20. The maximum absolute atomic E-state index is 5.74. The molecule has 0 saturated heterocycles. The molecular weight excluding hydrogens is 294 g/mol. The molecule has 0 bridgehead atoms. The van der Waals surface area contributed by atoms with Crippen LogP contribution in [0.25, 0.3) is 0 Å². The first-order chi connectivity index (χ1) is 10.8. The third-order valence-electron chi connectivity index (χ3n) is 3.25. The largest absolute Gasteiger partial charge is 0.494 e. The first kappa shape index (κ1) is 18.4. The average Bonchev–Trinajstić information content (AvgIpc) is 2.55. The SMILES string of the molecule is CCCCCCCCOc1ccc(C=NNC(=S)NC)cc1. The lowest BCUT2D eigenvalue weighted by molar-refractivity contribution is 0.304. The molecule has 0 spiro atoms. The molecule has 0 radical (unpaired) electrons. The van der Waals surface area contributed by atoms with E-state index in [4.69, 9.17) is 17.0 Å². The molecule has 0 aliphatic heterocycles. The fourth-order valence-electron chi connectivity index (χ4n) is 1.94. The van der Waals surface area contributed by atoms with Gasteiger partial charge < -0.3 is 10.1 Å². The lowest BCUT2D eigenvalue weighted by Crippen LogP contribution is -2.28. The van der Waals surface area contributed by atoms with Crippen molar-refractivity contribution >= 4 is 23.5 Å². The van der Waals surface area contributed by atoms with E-state index in [9.17, 15) is 0 Å². The molecular formula is C17H27N3OS. The first-order valence-corrected chi connectivity index (χ1v) is 8.40. The molecule has 0 heterocycles. The van der Waals surface area contributed by atoms with Crippen molar-refractivity contribution in [2.24, 2.45) is 5.10 Å². The van der Waals surface area contributed by atoms with Crippen LogP contribution in [-0.2, 0) is 0 Å². The van der Waals surface area contributed by atoms with Crippen LogP contribution in [0.4, 0.5) is 0 Å². The normalized spacial score (nSPS) is 10.6. The van der Waals surface area contributed by atoms with Crippen molar-refractivity contribution < 1.29 is 4.74 Å². The van der Waals surface area contributed by atoms with Crippen LogP contribution in [0.2, 0.25) is 0 Å². The Morgan fingerprint density at radius 2 is 1.82 bits per heavy atom. The monoisotopic (exact) mass is 321 g/mol. The number of unbranched alkanes of at least 4 members (excludes halogenated alkanes) is 5. The summed E-state index contributed by atoms with van der Waals surface area (Å²) in [4.78, 5) is 0. The molecule has 0 atom stereocenters. The van der Waals surface area contributed by atoms with Gasteiger partial charge in [0.2, 0.25) is 0 Å². The highest BCUT2D eigenvalue weighted by molar-refractivity contribution is 7.80. The summed E-state index contributed by atoms with van der Waals surface area (Å²) in [7, 11) is 1.75. The standard InChI is InChI=1S/C17H27N3OS/c1-3-4-5-6-7-8-13-21-16-11-9-15(10-12-16)14-19-20-17(22)18-2/h9-12,14H,3-8,13H2,1-2H3,(H2,18,20,22). The zero-order chi connectivity index (χ0) is 16.0.